The summed E-state index contributed by atoms with van der Waals surface area (Å²) in [6, 6.07) is 1.38. The molecule has 10 heteroatoms. The van der Waals surface area contributed by atoms with Crippen LogP contribution < -0.4 is 4.72 Å². The van der Waals surface area contributed by atoms with Gasteiger partial charge in [-0.3, -0.25) is 4.79 Å². The molecule has 1 N–H and O–H groups in total. The molecule has 1 saturated heterocycles. The summed E-state index contributed by atoms with van der Waals surface area (Å²) >= 11 is 0. The van der Waals surface area contributed by atoms with Crippen molar-refractivity contribution in [3.63, 3.8) is 0 Å². The average Bonchev–Trinajstić information content (AvgIpc) is 3.06. The van der Waals surface area contributed by atoms with Crippen LogP contribution in [0.15, 0.2) is 17.2 Å². The molecule has 9 nitrogen and oxygen atoms in total. The molecule has 0 saturated carbocycles. The van der Waals surface area contributed by atoms with Crippen LogP contribution in [0.4, 0.5) is 4.79 Å². The summed E-state index contributed by atoms with van der Waals surface area (Å²) in [5, 5.41) is 0. The van der Waals surface area contributed by atoms with Crippen molar-refractivity contribution in [2.45, 2.75) is 64.0 Å². The van der Waals surface area contributed by atoms with Crippen LogP contribution in [-0.2, 0) is 21.8 Å². The smallest absolute Gasteiger partial charge is 0.410 e. The number of ether oxygens (including phenoxy) is 1. The van der Waals surface area contributed by atoms with Gasteiger partial charge < -0.3 is 19.1 Å². The van der Waals surface area contributed by atoms with Crippen LogP contribution >= 0.6 is 0 Å². The first kappa shape index (κ1) is 25.2. The SMILES string of the molecule is CNS(=O)(=O)c1cc(C(=O)N2CCCC(CN(C(=O)OC(C)(C)C)C(C)C)C2)n(C)c1. The summed E-state index contributed by atoms with van der Waals surface area (Å²) in [6.45, 7) is 11.0. The molecule has 176 valence electrons. The molecule has 0 radical (unpaired) electrons. The largest absolute Gasteiger partial charge is 0.444 e. The van der Waals surface area contributed by atoms with Gasteiger partial charge in [-0.15, -0.1) is 0 Å². The van der Waals surface area contributed by atoms with Crippen LogP contribution in [0.25, 0.3) is 0 Å². The molecule has 1 aliphatic heterocycles. The lowest BCUT2D eigenvalue weighted by atomic mass is 9.96. The van der Waals surface area contributed by atoms with E-state index in [1.54, 1.807) is 16.8 Å². The normalized spacial score (nSPS) is 17.7. The van der Waals surface area contributed by atoms with Crippen molar-refractivity contribution in [1.82, 2.24) is 19.1 Å². The quantitative estimate of drug-likeness (QED) is 0.709. The molecule has 31 heavy (non-hydrogen) atoms. The van der Waals surface area contributed by atoms with Gasteiger partial charge in [-0.25, -0.2) is 17.9 Å². The fourth-order valence-electron chi connectivity index (χ4n) is 3.67. The average molecular weight is 457 g/mol. The van der Waals surface area contributed by atoms with Gasteiger partial charge in [0.05, 0.1) is 0 Å². The third-order valence-electron chi connectivity index (χ3n) is 5.29. The Bertz CT molecular complexity index is 901. The van der Waals surface area contributed by atoms with Crippen molar-refractivity contribution in [3.05, 3.63) is 18.0 Å². The molecule has 1 aromatic heterocycles. The van der Waals surface area contributed by atoms with E-state index in [4.69, 9.17) is 4.74 Å². The Morgan fingerprint density at radius 1 is 1.32 bits per heavy atom. The van der Waals surface area contributed by atoms with E-state index in [2.05, 4.69) is 4.72 Å². The zero-order valence-corrected chi connectivity index (χ0v) is 20.5. The summed E-state index contributed by atoms with van der Waals surface area (Å²) in [5.74, 6) is -0.0912. The van der Waals surface area contributed by atoms with E-state index in [0.717, 1.165) is 12.8 Å². The Kier molecular flexibility index (Phi) is 7.80. The molecule has 2 amide bonds. The monoisotopic (exact) mass is 456 g/mol. The Labute approximate surface area is 185 Å². The van der Waals surface area contributed by atoms with Gasteiger partial charge in [0.1, 0.15) is 16.2 Å². The van der Waals surface area contributed by atoms with E-state index >= 15 is 0 Å². The van der Waals surface area contributed by atoms with Crippen molar-refractivity contribution < 1.29 is 22.7 Å². The van der Waals surface area contributed by atoms with Gasteiger partial charge in [0, 0.05) is 38.9 Å². The fourth-order valence-corrected chi connectivity index (χ4v) is 4.47. The molecule has 1 atom stereocenters. The van der Waals surface area contributed by atoms with Crippen LogP contribution in [0.3, 0.4) is 0 Å². The van der Waals surface area contributed by atoms with E-state index in [1.165, 1.54) is 23.9 Å². The van der Waals surface area contributed by atoms with Gasteiger partial charge in [0.2, 0.25) is 10.0 Å². The second-order valence-electron chi connectivity index (χ2n) is 9.37. The number of amides is 2. The second kappa shape index (κ2) is 9.60. The molecule has 0 aromatic carbocycles. The van der Waals surface area contributed by atoms with E-state index in [9.17, 15) is 18.0 Å². The highest BCUT2D eigenvalue weighted by Gasteiger charge is 2.31. The Morgan fingerprint density at radius 2 is 1.97 bits per heavy atom. The highest BCUT2D eigenvalue weighted by molar-refractivity contribution is 7.89. The highest BCUT2D eigenvalue weighted by Crippen LogP contribution is 2.23. The lowest BCUT2D eigenvalue weighted by Crippen LogP contribution is -2.48. The Hall–Kier alpha value is -2.07. The summed E-state index contributed by atoms with van der Waals surface area (Å²) in [5.41, 5.74) is -0.251. The van der Waals surface area contributed by atoms with Crippen molar-refractivity contribution in [1.29, 1.82) is 0 Å². The number of aromatic nitrogens is 1. The molecule has 0 aliphatic carbocycles. The molecule has 1 unspecified atom stereocenters. The molecular weight excluding hydrogens is 420 g/mol. The number of carbonyl (C=O) groups is 2. The summed E-state index contributed by atoms with van der Waals surface area (Å²) in [6.07, 6.45) is 2.81. The van der Waals surface area contributed by atoms with Gasteiger partial charge in [-0.2, -0.15) is 0 Å². The van der Waals surface area contributed by atoms with Crippen LogP contribution in [0, 0.1) is 5.92 Å². The maximum absolute atomic E-state index is 13.1. The van der Waals surface area contributed by atoms with Crippen molar-refractivity contribution in [3.8, 4) is 0 Å². The van der Waals surface area contributed by atoms with Crippen LogP contribution in [-0.4, -0.2) is 73.1 Å². The van der Waals surface area contributed by atoms with E-state index in [1.807, 2.05) is 34.6 Å². The lowest BCUT2D eigenvalue weighted by molar-refractivity contribution is 0.0123. The number of nitrogens with zero attached hydrogens (tertiary/aromatic N) is 3. The molecule has 1 fully saturated rings. The van der Waals surface area contributed by atoms with Gasteiger partial charge in [-0.1, -0.05) is 0 Å². The minimum Gasteiger partial charge on any atom is -0.444 e. The predicted molar refractivity (Wildman–Crippen MR) is 118 cm³/mol. The summed E-state index contributed by atoms with van der Waals surface area (Å²) in [4.78, 5) is 29.3. The van der Waals surface area contributed by atoms with Gasteiger partial charge >= 0.3 is 6.09 Å². The summed E-state index contributed by atoms with van der Waals surface area (Å²) < 4.78 is 33.5. The number of hydrogen-bond donors (Lipinski definition) is 1. The van der Waals surface area contributed by atoms with E-state index in [-0.39, 0.29) is 28.9 Å². The van der Waals surface area contributed by atoms with Crippen molar-refractivity contribution in [2.75, 3.05) is 26.7 Å². The first-order valence-electron chi connectivity index (χ1n) is 10.6. The standard InChI is InChI=1S/C21H36N4O5S/c1-15(2)25(20(27)30-21(3,4)5)13-16-9-8-10-24(12-16)19(26)18-11-17(14-23(18)7)31(28,29)22-6/h11,14-16,22H,8-10,12-13H2,1-7H3. The first-order valence-corrected chi connectivity index (χ1v) is 12.1. The third-order valence-corrected chi connectivity index (χ3v) is 6.67. The maximum atomic E-state index is 13.1. The number of rotatable bonds is 6. The maximum Gasteiger partial charge on any atom is 0.410 e. The zero-order chi connectivity index (χ0) is 23.6. The topological polar surface area (TPSA) is 101 Å². The molecule has 1 aliphatic rings. The lowest BCUT2D eigenvalue weighted by Gasteiger charge is -2.37. The molecular formula is C21H36N4O5S. The molecule has 1 aromatic rings. The Balaban J connectivity index is 2.13. The minimum absolute atomic E-state index is 0.0249. The second-order valence-corrected chi connectivity index (χ2v) is 11.3. The number of likely N-dealkylation sites (tertiary alicyclic amines) is 1. The van der Waals surface area contributed by atoms with Crippen molar-refractivity contribution >= 4 is 22.0 Å². The predicted octanol–water partition coefficient (Wildman–Crippen LogP) is 2.43. The highest BCUT2D eigenvalue weighted by atomic mass is 32.2. The van der Waals surface area contributed by atoms with Gasteiger partial charge in [0.25, 0.3) is 5.91 Å². The Morgan fingerprint density at radius 3 is 2.52 bits per heavy atom. The number of aryl methyl sites for hydroxylation is 1. The van der Waals surface area contributed by atoms with Gasteiger partial charge in [-0.05, 0) is 66.5 Å². The number of carbonyl (C=O) groups excluding carboxylic acids is 2. The number of hydrogen-bond acceptors (Lipinski definition) is 5. The van der Waals surface area contributed by atoms with Gasteiger partial charge in [0.15, 0.2) is 0 Å². The first-order chi connectivity index (χ1) is 14.2. The number of nitrogens with one attached hydrogen (secondary N) is 1. The number of sulfonamides is 1. The minimum atomic E-state index is -3.62. The van der Waals surface area contributed by atoms with E-state index < -0.39 is 15.6 Å². The van der Waals surface area contributed by atoms with E-state index in [0.29, 0.717) is 25.3 Å². The number of piperidine rings is 1. The van der Waals surface area contributed by atoms with Crippen LogP contribution in [0.5, 0.6) is 0 Å². The molecule has 0 bridgehead atoms. The third kappa shape index (κ3) is 6.46. The molecule has 2 rings (SSSR count). The zero-order valence-electron chi connectivity index (χ0n) is 19.6. The van der Waals surface area contributed by atoms with Crippen LogP contribution in [0.2, 0.25) is 0 Å². The molecule has 0 spiro atoms. The molecule has 2 heterocycles. The summed E-state index contributed by atoms with van der Waals surface area (Å²) in [7, 11) is -0.628. The fraction of sp³-hybridized carbons (Fsp3) is 0.714. The van der Waals surface area contributed by atoms with Crippen LogP contribution in [0.1, 0.15) is 57.9 Å². The van der Waals surface area contributed by atoms with Crippen molar-refractivity contribution in [2.24, 2.45) is 13.0 Å².